The van der Waals surface area contributed by atoms with Gasteiger partial charge in [-0.05, 0) is 23.6 Å². The summed E-state index contributed by atoms with van der Waals surface area (Å²) in [5.41, 5.74) is 3.69. The number of phenolic OH excluding ortho intramolecular Hbond substituents is 1. The normalized spacial score (nSPS) is 22.4. The number of carboxylic acids is 1. The maximum absolute atomic E-state index is 13.0. The summed E-state index contributed by atoms with van der Waals surface area (Å²) in [4.78, 5) is 60.3. The summed E-state index contributed by atoms with van der Waals surface area (Å²) in [5, 5.41) is 28.9. The number of oxime groups is 1. The van der Waals surface area contributed by atoms with Crippen LogP contribution in [0.5, 0.6) is 5.75 Å². The summed E-state index contributed by atoms with van der Waals surface area (Å²) in [6.07, 6.45) is 1.50. The largest absolute Gasteiger partial charge is 0.508 e. The molecule has 0 aliphatic carbocycles. The first-order valence-electron chi connectivity index (χ1n) is 11.7. The number of aliphatic carboxylic acids is 1. The first-order chi connectivity index (χ1) is 19.6. The Hall–Kier alpha value is -3.67. The van der Waals surface area contributed by atoms with Gasteiger partial charge in [0.15, 0.2) is 16.3 Å². The number of nitrogens with one attached hydrogen (secondary N) is 1. The zero-order chi connectivity index (χ0) is 29.3. The second-order valence-corrected chi connectivity index (χ2v) is 13.1. The quantitative estimate of drug-likeness (QED) is 0.117. The number of β-lactam (4-membered cyclic amide) rings is 1. The van der Waals surface area contributed by atoms with Gasteiger partial charge in [-0.1, -0.05) is 23.0 Å². The molecule has 2 amide bonds. The number of thiazole rings is 1. The number of carbonyl (C=O) groups is 3. The van der Waals surface area contributed by atoms with Crippen molar-refractivity contribution in [2.45, 2.75) is 15.6 Å². The number of nitrogens with two attached hydrogens (primary N) is 1. The lowest BCUT2D eigenvalue weighted by Crippen LogP contribution is -2.73. The van der Waals surface area contributed by atoms with E-state index in [2.05, 4.69) is 20.3 Å². The molecule has 0 radical (unpaired) electrons. The smallest absolute Gasteiger partial charge is 0.316 e. The minimum atomic E-state index is -1.40. The van der Waals surface area contributed by atoms with Gasteiger partial charge in [0.25, 0.3) is 12.8 Å². The number of thioether (sulfide) groups is 2. The van der Waals surface area contributed by atoms with Gasteiger partial charge in [-0.25, -0.2) is 9.37 Å². The maximum Gasteiger partial charge on any atom is 0.316 e. The summed E-state index contributed by atoms with van der Waals surface area (Å²) >= 11 is 4.67. The van der Waals surface area contributed by atoms with Crippen molar-refractivity contribution in [3.05, 3.63) is 57.0 Å². The lowest BCUT2D eigenvalue weighted by Gasteiger charge is -2.53. The van der Waals surface area contributed by atoms with Crippen molar-refractivity contribution in [2.24, 2.45) is 10.6 Å². The van der Waals surface area contributed by atoms with Crippen LogP contribution in [0.4, 0.5) is 9.52 Å². The molecule has 3 aromatic rings. The second-order valence-electron chi connectivity index (χ2n) is 8.86. The van der Waals surface area contributed by atoms with Crippen molar-refractivity contribution in [3.8, 4) is 5.75 Å². The molecule has 4 heterocycles. The van der Waals surface area contributed by atoms with Crippen LogP contribution in [0.1, 0.15) is 5.69 Å². The van der Waals surface area contributed by atoms with Gasteiger partial charge in [0.05, 0.1) is 4.21 Å². The Morgan fingerprint density at radius 2 is 2.17 bits per heavy atom. The molecule has 0 spiro atoms. The molecule has 2 unspecified atom stereocenters. The Morgan fingerprint density at radius 3 is 2.88 bits per heavy atom. The number of anilines is 1. The van der Waals surface area contributed by atoms with E-state index in [1.54, 1.807) is 11.5 Å². The molecule has 5 N–H and O–H groups in total. The van der Waals surface area contributed by atoms with Crippen LogP contribution < -0.4 is 16.5 Å². The van der Waals surface area contributed by atoms with Gasteiger partial charge in [0.1, 0.15) is 28.3 Å². The average Bonchev–Trinajstić information content (AvgIpc) is 3.37. The van der Waals surface area contributed by atoms with Crippen LogP contribution in [0.25, 0.3) is 10.1 Å². The van der Waals surface area contributed by atoms with Crippen LogP contribution in [0, 0.1) is 5.41 Å². The van der Waals surface area contributed by atoms with Crippen LogP contribution in [-0.4, -0.2) is 74.2 Å². The summed E-state index contributed by atoms with van der Waals surface area (Å²) in [6, 6.07) is 4.96. The standard InChI is InChI=1S/C24H20FN5O7S4/c25-10-37-29-17(13-7-39-23(26)27-13)19(33)28-18-20(34)30-8-24(22(35)36,9-40-21(18)30)3-4-38-16-6-14(32)12-2-1-11(31)5-15(12)41-16/h1-7,18,21,31H,8-10H2,(H2,26,27)(H,28,33)(H,35,36)/t18?,21-,24?/m1/s1. The van der Waals surface area contributed by atoms with Gasteiger partial charge in [0.2, 0.25) is 5.91 Å². The topological polar surface area (TPSA) is 185 Å². The van der Waals surface area contributed by atoms with E-state index in [1.807, 2.05) is 0 Å². The molecule has 5 rings (SSSR count). The van der Waals surface area contributed by atoms with E-state index in [9.17, 15) is 33.8 Å². The number of carboxylic acid groups (broad SMARTS) is 1. The molecular formula is C24H20FN5O7S4. The highest BCUT2D eigenvalue weighted by molar-refractivity contribution is 8.04. The number of rotatable bonds is 9. The number of benzene rings is 1. The number of carbonyl (C=O) groups excluding carboxylic acids is 2. The zero-order valence-electron chi connectivity index (χ0n) is 20.7. The highest BCUT2D eigenvalue weighted by Gasteiger charge is 2.57. The molecule has 1 aromatic carbocycles. The highest BCUT2D eigenvalue weighted by atomic mass is 32.2. The fourth-order valence-corrected chi connectivity index (χ4v) is 8.38. The number of hydrogen-bond acceptors (Lipinski definition) is 13. The van der Waals surface area contributed by atoms with E-state index in [0.717, 1.165) is 23.1 Å². The molecule has 0 saturated carbocycles. The zero-order valence-corrected chi connectivity index (χ0v) is 23.9. The van der Waals surface area contributed by atoms with Crippen LogP contribution in [0.2, 0.25) is 0 Å². The first-order valence-corrected chi connectivity index (χ1v) is 15.3. The molecule has 214 valence electrons. The van der Waals surface area contributed by atoms with Crippen molar-refractivity contribution >= 4 is 84.9 Å². The second kappa shape index (κ2) is 11.7. The molecule has 0 bridgehead atoms. The summed E-state index contributed by atoms with van der Waals surface area (Å²) in [6.45, 7) is -1.41. The molecule has 41 heavy (non-hydrogen) atoms. The molecule has 3 atom stereocenters. The van der Waals surface area contributed by atoms with E-state index in [4.69, 9.17) is 5.73 Å². The molecule has 17 heteroatoms. The molecule has 2 fully saturated rings. The Labute approximate surface area is 247 Å². The van der Waals surface area contributed by atoms with Crippen molar-refractivity contribution in [3.63, 3.8) is 0 Å². The van der Waals surface area contributed by atoms with Gasteiger partial charge in [-0.2, -0.15) is 0 Å². The van der Waals surface area contributed by atoms with Gasteiger partial charge in [-0.3, -0.25) is 19.2 Å². The predicted molar refractivity (Wildman–Crippen MR) is 155 cm³/mol. The monoisotopic (exact) mass is 637 g/mol. The molecule has 12 nitrogen and oxygen atoms in total. The van der Waals surface area contributed by atoms with Crippen LogP contribution in [-0.2, 0) is 19.2 Å². The Bertz CT molecular complexity index is 1660. The van der Waals surface area contributed by atoms with Gasteiger partial charge in [0, 0.05) is 33.8 Å². The molecular weight excluding hydrogens is 618 g/mol. The molecule has 2 aliphatic rings. The van der Waals surface area contributed by atoms with Crippen LogP contribution in [0.3, 0.4) is 0 Å². The fraction of sp³-hybridized carbons (Fsp3) is 0.250. The van der Waals surface area contributed by atoms with E-state index in [-0.39, 0.29) is 40.0 Å². The van der Waals surface area contributed by atoms with Crippen LogP contribution in [0.15, 0.2) is 55.3 Å². The Balaban J connectivity index is 1.27. The SMILES string of the molecule is Nc1nc(C(=NOCF)C(=O)NC2C(=O)N3CC(C=CSc4cc(=O)c5ccc(O)cc5s4)(C(=O)O)CS[C@H]23)cs1. The third-order valence-electron chi connectivity index (χ3n) is 6.26. The van der Waals surface area contributed by atoms with Gasteiger partial charge in [-0.15, -0.1) is 34.4 Å². The average molecular weight is 638 g/mol. The van der Waals surface area contributed by atoms with Crippen LogP contribution >= 0.6 is 46.2 Å². The number of nitrogens with zero attached hydrogens (tertiary/aromatic N) is 3. The highest BCUT2D eigenvalue weighted by Crippen LogP contribution is 2.43. The fourth-order valence-electron chi connectivity index (χ4n) is 4.21. The number of nitrogen functional groups attached to an aromatic ring is 1. The van der Waals surface area contributed by atoms with Crippen molar-refractivity contribution < 1.29 is 33.8 Å². The van der Waals surface area contributed by atoms with Gasteiger partial charge < -0.3 is 31.0 Å². The number of phenols is 1. The maximum atomic E-state index is 13.0. The minimum absolute atomic E-state index is 0.0302. The Kier molecular flexibility index (Phi) is 8.21. The minimum Gasteiger partial charge on any atom is -0.508 e. The number of hydrogen-bond donors (Lipinski definition) is 4. The third-order valence-corrected chi connectivity index (χ3v) is 10.5. The third kappa shape index (κ3) is 5.74. The summed E-state index contributed by atoms with van der Waals surface area (Å²) in [5.74, 6) is -2.30. The van der Waals surface area contributed by atoms with Crippen molar-refractivity contribution in [2.75, 3.05) is 24.9 Å². The van der Waals surface area contributed by atoms with E-state index >= 15 is 0 Å². The number of aromatic hydroxyl groups is 1. The molecule has 2 aromatic heterocycles. The predicted octanol–water partition coefficient (Wildman–Crippen LogP) is 2.43. The number of halogens is 1. The number of fused-ring (bicyclic) bond motifs is 2. The van der Waals surface area contributed by atoms with Crippen molar-refractivity contribution in [1.82, 2.24) is 15.2 Å². The van der Waals surface area contributed by atoms with E-state index in [1.165, 1.54) is 57.7 Å². The van der Waals surface area contributed by atoms with Gasteiger partial charge >= 0.3 is 5.97 Å². The first kappa shape index (κ1) is 28.8. The molecule has 2 aliphatic heterocycles. The van der Waals surface area contributed by atoms with E-state index in [0.29, 0.717) is 14.3 Å². The van der Waals surface area contributed by atoms with E-state index < -0.39 is 41.5 Å². The number of aromatic nitrogens is 1. The summed E-state index contributed by atoms with van der Waals surface area (Å²) < 4.78 is 13.7. The molecule has 2 saturated heterocycles. The number of alkyl halides is 1. The lowest BCUT2D eigenvalue weighted by molar-refractivity contribution is -0.156. The van der Waals surface area contributed by atoms with Crippen molar-refractivity contribution in [1.29, 1.82) is 0 Å². The number of amides is 2. The lowest BCUT2D eigenvalue weighted by atomic mass is 9.87. The summed E-state index contributed by atoms with van der Waals surface area (Å²) in [7, 11) is 0. The Morgan fingerprint density at radius 1 is 1.37 bits per heavy atom.